The molecule has 4 aromatic rings. The van der Waals surface area contributed by atoms with Gasteiger partial charge in [0.2, 0.25) is 5.95 Å². The van der Waals surface area contributed by atoms with Crippen LogP contribution < -0.4 is 20.9 Å². The number of carboxylic acid groups (broad SMARTS) is 1. The van der Waals surface area contributed by atoms with Gasteiger partial charge in [-0.25, -0.2) is 4.98 Å². The van der Waals surface area contributed by atoms with Gasteiger partial charge in [-0.2, -0.15) is 4.98 Å². The van der Waals surface area contributed by atoms with Gasteiger partial charge in [-0.05, 0) is 51.0 Å². The lowest BCUT2D eigenvalue weighted by molar-refractivity contribution is -0.138. The van der Waals surface area contributed by atoms with Gasteiger partial charge in [-0.1, -0.05) is 23.4 Å². The fourth-order valence-corrected chi connectivity index (χ4v) is 4.43. The Bertz CT molecular complexity index is 1570. The first-order valence-electron chi connectivity index (χ1n) is 12.2. The van der Waals surface area contributed by atoms with E-state index in [1.165, 1.54) is 0 Å². The fraction of sp³-hybridized carbons (Fsp3) is 0.286. The number of nitrogen functional groups attached to an aromatic ring is 1. The number of benzene rings is 1. The summed E-state index contributed by atoms with van der Waals surface area (Å²) in [5.74, 6) is 6.83. The van der Waals surface area contributed by atoms with Gasteiger partial charge in [-0.3, -0.25) is 9.78 Å². The summed E-state index contributed by atoms with van der Waals surface area (Å²) in [4.78, 5) is 23.9. The Hall–Kier alpha value is -4.33. The molecule has 0 fully saturated rings. The van der Waals surface area contributed by atoms with E-state index < -0.39 is 12.0 Å². The second-order valence-corrected chi connectivity index (χ2v) is 9.36. The summed E-state index contributed by atoms with van der Waals surface area (Å²) in [7, 11) is 1.64. The molecule has 0 radical (unpaired) electrons. The number of rotatable bonds is 9. The molecule has 11 heteroatoms. The highest BCUT2D eigenvalue weighted by molar-refractivity contribution is 6.34. The van der Waals surface area contributed by atoms with E-state index in [1.54, 1.807) is 25.4 Å². The van der Waals surface area contributed by atoms with Crippen molar-refractivity contribution in [2.45, 2.75) is 39.3 Å². The first-order chi connectivity index (χ1) is 18.7. The van der Waals surface area contributed by atoms with Gasteiger partial charge in [0.15, 0.2) is 0 Å². The number of aliphatic carboxylic acids is 1. The second kappa shape index (κ2) is 12.0. The molecule has 0 aliphatic rings. The Morgan fingerprint density at radius 3 is 2.64 bits per heavy atom. The number of hydrogen-bond donors (Lipinski definition) is 3. The molecule has 5 N–H and O–H groups in total. The average Bonchev–Trinajstić information content (AvgIpc) is 3.25. The molecule has 0 amide bonds. The molecular formula is C28H29ClN6O4. The molecule has 39 heavy (non-hydrogen) atoms. The number of carbonyl (C=O) groups is 1. The number of halogens is 1. The van der Waals surface area contributed by atoms with E-state index in [1.807, 2.05) is 36.7 Å². The monoisotopic (exact) mass is 548 g/mol. The summed E-state index contributed by atoms with van der Waals surface area (Å²) in [5, 5.41) is 9.67. The standard InChI is InChI=1S/C28H29ClN6O4/c1-16-13-32-22(17(2)24(16)38-3)15-35-14-19(23-25(29)33-28(31)34-26(23)35)9-6-18-7-10-20(11-8-18)39-12-4-5-21(30)27(36)37/h7-8,10-11,13-14,21H,4-5,12,15,30H2,1-3H3,(H,36,37)(H2,31,33,34)/t21-/m0/s1. The van der Waals surface area contributed by atoms with E-state index in [0.717, 1.165) is 28.1 Å². The van der Waals surface area contributed by atoms with Gasteiger partial charge in [0.05, 0.1) is 36.9 Å². The van der Waals surface area contributed by atoms with Gasteiger partial charge < -0.3 is 30.6 Å². The van der Waals surface area contributed by atoms with E-state index in [9.17, 15) is 4.79 Å². The number of fused-ring (bicyclic) bond motifs is 1. The SMILES string of the molecule is COc1c(C)cnc(Cn2cc(C#Cc3ccc(OCCC[C@H](N)C(=O)O)cc3)c3c(Cl)nc(N)nc32)c1C. The Morgan fingerprint density at radius 2 is 1.95 bits per heavy atom. The molecule has 3 aromatic heterocycles. The molecule has 202 valence electrons. The molecule has 0 spiro atoms. The van der Waals surface area contributed by atoms with Crippen molar-refractivity contribution >= 4 is 34.6 Å². The molecule has 3 heterocycles. The molecule has 4 rings (SSSR count). The molecule has 10 nitrogen and oxygen atoms in total. The summed E-state index contributed by atoms with van der Waals surface area (Å²) >= 11 is 6.48. The lowest BCUT2D eigenvalue weighted by Gasteiger charge is -2.13. The summed E-state index contributed by atoms with van der Waals surface area (Å²) < 4.78 is 13.1. The van der Waals surface area contributed by atoms with E-state index >= 15 is 0 Å². The first kappa shape index (κ1) is 27.7. The van der Waals surface area contributed by atoms with Crippen LogP contribution in [0.3, 0.4) is 0 Å². The number of aromatic nitrogens is 4. The topological polar surface area (TPSA) is 151 Å². The van der Waals surface area contributed by atoms with Crippen molar-refractivity contribution < 1.29 is 19.4 Å². The third kappa shape index (κ3) is 6.39. The maximum Gasteiger partial charge on any atom is 0.320 e. The highest BCUT2D eigenvalue weighted by Gasteiger charge is 2.17. The van der Waals surface area contributed by atoms with Crippen LogP contribution in [0, 0.1) is 25.7 Å². The van der Waals surface area contributed by atoms with Crippen molar-refractivity contribution in [2.75, 3.05) is 19.5 Å². The number of ether oxygens (including phenoxy) is 2. The lowest BCUT2D eigenvalue weighted by atomic mass is 10.1. The van der Waals surface area contributed by atoms with Gasteiger partial charge in [-0.15, -0.1) is 0 Å². The van der Waals surface area contributed by atoms with Crippen molar-refractivity contribution in [1.82, 2.24) is 19.5 Å². The quantitative estimate of drug-likeness (QED) is 0.161. The first-order valence-corrected chi connectivity index (χ1v) is 12.6. The smallest absolute Gasteiger partial charge is 0.320 e. The normalized spacial score (nSPS) is 11.6. The van der Waals surface area contributed by atoms with Gasteiger partial charge in [0.1, 0.15) is 28.3 Å². The highest BCUT2D eigenvalue weighted by Crippen LogP contribution is 2.29. The zero-order valence-corrected chi connectivity index (χ0v) is 22.6. The van der Waals surface area contributed by atoms with Crippen molar-refractivity contribution in [3.8, 4) is 23.3 Å². The fourth-order valence-electron chi connectivity index (χ4n) is 4.16. The number of methoxy groups -OCH3 is 1. The summed E-state index contributed by atoms with van der Waals surface area (Å²) in [6.45, 7) is 4.70. The Balaban J connectivity index is 1.56. The van der Waals surface area contributed by atoms with Crippen molar-refractivity contribution in [2.24, 2.45) is 5.73 Å². The van der Waals surface area contributed by atoms with Crippen LogP contribution in [0.25, 0.3) is 11.0 Å². The van der Waals surface area contributed by atoms with Crippen LogP contribution in [0.2, 0.25) is 5.15 Å². The van der Waals surface area contributed by atoms with Gasteiger partial charge in [0, 0.05) is 29.1 Å². The van der Waals surface area contributed by atoms with Crippen LogP contribution in [0.15, 0.2) is 36.7 Å². The third-order valence-electron chi connectivity index (χ3n) is 6.20. The largest absolute Gasteiger partial charge is 0.496 e. The van der Waals surface area contributed by atoms with Crippen molar-refractivity contribution in [1.29, 1.82) is 0 Å². The number of nitrogens with two attached hydrogens (primary N) is 2. The molecule has 0 aliphatic carbocycles. The van der Waals surface area contributed by atoms with E-state index in [2.05, 4.69) is 26.8 Å². The molecular weight excluding hydrogens is 520 g/mol. The predicted molar refractivity (Wildman–Crippen MR) is 149 cm³/mol. The highest BCUT2D eigenvalue weighted by atomic mass is 35.5. The van der Waals surface area contributed by atoms with Gasteiger partial charge in [0.25, 0.3) is 0 Å². The zero-order chi connectivity index (χ0) is 28.1. The number of nitrogens with zero attached hydrogens (tertiary/aromatic N) is 4. The van der Waals surface area contributed by atoms with E-state index in [4.69, 9.17) is 37.6 Å². The van der Waals surface area contributed by atoms with E-state index in [0.29, 0.717) is 48.3 Å². The molecule has 0 bridgehead atoms. The number of hydrogen-bond acceptors (Lipinski definition) is 8. The van der Waals surface area contributed by atoms with Crippen LogP contribution in [-0.4, -0.2) is 50.4 Å². The summed E-state index contributed by atoms with van der Waals surface area (Å²) in [6.07, 6.45) is 4.53. The van der Waals surface area contributed by atoms with Crippen LogP contribution >= 0.6 is 11.6 Å². The molecule has 0 unspecified atom stereocenters. The zero-order valence-electron chi connectivity index (χ0n) is 21.9. The minimum Gasteiger partial charge on any atom is -0.496 e. The lowest BCUT2D eigenvalue weighted by Crippen LogP contribution is -2.30. The second-order valence-electron chi connectivity index (χ2n) is 9.00. The number of carboxylic acids is 1. The molecule has 0 aliphatic heterocycles. The summed E-state index contributed by atoms with van der Waals surface area (Å²) in [5.41, 5.74) is 16.1. The van der Waals surface area contributed by atoms with Crippen LogP contribution in [-0.2, 0) is 11.3 Å². The predicted octanol–water partition coefficient (Wildman–Crippen LogP) is 3.71. The van der Waals surface area contributed by atoms with Crippen LogP contribution in [0.5, 0.6) is 11.5 Å². The number of pyridine rings is 1. The average molecular weight is 549 g/mol. The number of aryl methyl sites for hydroxylation is 1. The third-order valence-corrected chi connectivity index (χ3v) is 6.47. The summed E-state index contributed by atoms with van der Waals surface area (Å²) in [6, 6.07) is 6.41. The van der Waals surface area contributed by atoms with Crippen LogP contribution in [0.1, 0.15) is 40.8 Å². The Labute approximate surface area is 230 Å². The Morgan fingerprint density at radius 1 is 1.21 bits per heavy atom. The maximum absolute atomic E-state index is 10.8. The Kier molecular flexibility index (Phi) is 8.54. The number of anilines is 1. The molecule has 1 aromatic carbocycles. The minimum absolute atomic E-state index is 0.0676. The molecule has 1 atom stereocenters. The molecule has 0 saturated carbocycles. The molecule has 0 saturated heterocycles. The maximum atomic E-state index is 10.8. The van der Waals surface area contributed by atoms with Crippen LogP contribution in [0.4, 0.5) is 5.95 Å². The van der Waals surface area contributed by atoms with Crippen molar-refractivity contribution in [3.63, 3.8) is 0 Å². The van der Waals surface area contributed by atoms with Gasteiger partial charge >= 0.3 is 5.97 Å². The minimum atomic E-state index is -1.01. The van der Waals surface area contributed by atoms with E-state index in [-0.39, 0.29) is 11.1 Å². The van der Waals surface area contributed by atoms with Crippen molar-refractivity contribution in [3.05, 3.63) is 69.8 Å².